The van der Waals surface area contributed by atoms with Crippen LogP contribution in [0.5, 0.6) is 0 Å². The number of hydrogen-bond donors (Lipinski definition) is 0. The summed E-state index contributed by atoms with van der Waals surface area (Å²) in [7, 11) is 1.61. The molecule has 0 aromatic rings. The van der Waals surface area contributed by atoms with Gasteiger partial charge in [0.05, 0.1) is 5.57 Å². The highest BCUT2D eigenvalue weighted by Gasteiger charge is 2.35. The van der Waals surface area contributed by atoms with Gasteiger partial charge in [0.25, 0.3) is 0 Å². The van der Waals surface area contributed by atoms with Gasteiger partial charge >= 0.3 is 6.18 Å². The van der Waals surface area contributed by atoms with Crippen LogP contribution in [0.4, 0.5) is 13.2 Å². The first-order valence-electron chi connectivity index (χ1n) is 2.82. The van der Waals surface area contributed by atoms with Crippen LogP contribution in [0, 0.1) is 6.42 Å². The average molecular weight is 150 g/mol. The fourth-order valence-electron chi connectivity index (χ4n) is 0.774. The molecule has 0 N–H and O–H groups in total. The summed E-state index contributed by atoms with van der Waals surface area (Å²) in [5.74, 6) is 0. The Labute approximate surface area is 57.1 Å². The summed E-state index contributed by atoms with van der Waals surface area (Å²) in [6, 6.07) is 0. The molecule has 1 nitrogen and oxygen atoms in total. The molecule has 0 spiro atoms. The second-order valence-electron chi connectivity index (χ2n) is 2.23. The SMILES string of the molecule is CN1C=C(C(F)(F)F)[CH]C1. The Balaban J connectivity index is 2.67. The van der Waals surface area contributed by atoms with E-state index in [0.717, 1.165) is 6.20 Å². The first kappa shape index (κ1) is 7.44. The number of halogens is 3. The summed E-state index contributed by atoms with van der Waals surface area (Å²) in [5, 5.41) is 0. The monoisotopic (exact) mass is 150 g/mol. The van der Waals surface area contributed by atoms with Gasteiger partial charge in [0.15, 0.2) is 0 Å². The minimum absolute atomic E-state index is 0.356. The fourth-order valence-corrected chi connectivity index (χ4v) is 0.774. The Hall–Kier alpha value is -0.670. The highest BCUT2D eigenvalue weighted by atomic mass is 19.4. The van der Waals surface area contributed by atoms with Gasteiger partial charge in [0, 0.05) is 26.2 Å². The molecular formula is C6H7F3N. The van der Waals surface area contributed by atoms with E-state index in [9.17, 15) is 13.2 Å². The molecule has 0 saturated heterocycles. The summed E-state index contributed by atoms with van der Waals surface area (Å²) in [5.41, 5.74) is -0.546. The van der Waals surface area contributed by atoms with Gasteiger partial charge in [-0.25, -0.2) is 0 Å². The Morgan fingerprint density at radius 1 is 1.50 bits per heavy atom. The van der Waals surface area contributed by atoms with Gasteiger partial charge in [-0.2, -0.15) is 13.2 Å². The van der Waals surface area contributed by atoms with Crippen molar-refractivity contribution in [3.8, 4) is 0 Å². The maximum atomic E-state index is 11.8. The predicted octanol–water partition coefficient (Wildman–Crippen LogP) is 1.58. The Morgan fingerprint density at radius 2 is 2.10 bits per heavy atom. The summed E-state index contributed by atoms with van der Waals surface area (Å²) < 4.78 is 35.4. The van der Waals surface area contributed by atoms with Crippen molar-refractivity contribution in [3.05, 3.63) is 18.2 Å². The highest BCUT2D eigenvalue weighted by Crippen LogP contribution is 2.30. The van der Waals surface area contributed by atoms with Gasteiger partial charge in [-0.15, -0.1) is 0 Å². The van der Waals surface area contributed by atoms with Gasteiger partial charge in [0.2, 0.25) is 0 Å². The van der Waals surface area contributed by atoms with Crippen LogP contribution in [0.2, 0.25) is 0 Å². The topological polar surface area (TPSA) is 3.24 Å². The second-order valence-corrected chi connectivity index (χ2v) is 2.23. The molecule has 0 fully saturated rings. The lowest BCUT2D eigenvalue weighted by Gasteiger charge is -2.04. The molecule has 10 heavy (non-hydrogen) atoms. The summed E-state index contributed by atoms with van der Waals surface area (Å²) >= 11 is 0. The molecule has 0 bridgehead atoms. The molecule has 1 aliphatic rings. The number of rotatable bonds is 0. The molecule has 1 heterocycles. The van der Waals surface area contributed by atoms with Gasteiger partial charge < -0.3 is 4.90 Å². The second kappa shape index (κ2) is 2.18. The molecule has 1 rings (SSSR count). The number of alkyl halides is 3. The first-order valence-corrected chi connectivity index (χ1v) is 2.82. The van der Waals surface area contributed by atoms with E-state index in [1.807, 2.05) is 0 Å². The zero-order valence-corrected chi connectivity index (χ0v) is 5.44. The van der Waals surface area contributed by atoms with Crippen LogP contribution < -0.4 is 0 Å². The molecule has 57 valence electrons. The third-order valence-corrected chi connectivity index (χ3v) is 1.29. The highest BCUT2D eigenvalue weighted by molar-refractivity contribution is 5.24. The van der Waals surface area contributed by atoms with Crippen molar-refractivity contribution in [3.63, 3.8) is 0 Å². The van der Waals surface area contributed by atoms with E-state index in [-0.39, 0.29) is 0 Å². The third-order valence-electron chi connectivity index (χ3n) is 1.29. The molecule has 0 aromatic carbocycles. The van der Waals surface area contributed by atoms with E-state index in [0.29, 0.717) is 6.54 Å². The average Bonchev–Trinajstić information content (AvgIpc) is 2.11. The zero-order chi connectivity index (χ0) is 7.78. The van der Waals surface area contributed by atoms with Crippen molar-refractivity contribution in [1.82, 2.24) is 4.90 Å². The van der Waals surface area contributed by atoms with Crippen LogP contribution in [-0.2, 0) is 0 Å². The van der Waals surface area contributed by atoms with E-state index >= 15 is 0 Å². The van der Waals surface area contributed by atoms with Crippen molar-refractivity contribution in [2.24, 2.45) is 0 Å². The van der Waals surface area contributed by atoms with Crippen LogP contribution >= 0.6 is 0 Å². The van der Waals surface area contributed by atoms with Crippen LogP contribution in [0.15, 0.2) is 11.8 Å². The molecule has 1 aliphatic heterocycles. The third kappa shape index (κ3) is 1.43. The van der Waals surface area contributed by atoms with E-state index in [1.165, 1.54) is 11.3 Å². The lowest BCUT2D eigenvalue weighted by molar-refractivity contribution is -0.0894. The van der Waals surface area contributed by atoms with Gasteiger partial charge in [0.1, 0.15) is 0 Å². The fraction of sp³-hybridized carbons (Fsp3) is 0.500. The molecule has 1 radical (unpaired) electrons. The van der Waals surface area contributed by atoms with E-state index in [2.05, 4.69) is 0 Å². The maximum absolute atomic E-state index is 11.8. The summed E-state index contributed by atoms with van der Waals surface area (Å²) in [6.07, 6.45) is -1.91. The van der Waals surface area contributed by atoms with E-state index in [4.69, 9.17) is 0 Å². The Bertz CT molecular complexity index is 159. The van der Waals surface area contributed by atoms with Crippen molar-refractivity contribution >= 4 is 0 Å². The molecule has 4 heteroatoms. The minimum atomic E-state index is -4.18. The Morgan fingerprint density at radius 3 is 2.30 bits per heavy atom. The van der Waals surface area contributed by atoms with Crippen LogP contribution in [0.25, 0.3) is 0 Å². The zero-order valence-electron chi connectivity index (χ0n) is 5.44. The molecule has 0 aromatic heterocycles. The van der Waals surface area contributed by atoms with Crippen molar-refractivity contribution < 1.29 is 13.2 Å². The van der Waals surface area contributed by atoms with E-state index < -0.39 is 11.7 Å². The molecule has 0 unspecified atom stereocenters. The molecule has 0 saturated carbocycles. The molecule has 0 aliphatic carbocycles. The number of nitrogens with zero attached hydrogens (tertiary/aromatic N) is 1. The van der Waals surface area contributed by atoms with Crippen molar-refractivity contribution in [2.45, 2.75) is 6.18 Å². The largest absolute Gasteiger partial charge is 0.414 e. The molecule has 0 atom stereocenters. The standard InChI is InChI=1S/C6H7F3N/c1-10-3-2-5(4-10)6(7,8)9/h2,4H,3H2,1H3. The normalized spacial score (nSPS) is 19.6. The van der Waals surface area contributed by atoms with Gasteiger partial charge in [-0.1, -0.05) is 0 Å². The smallest absolute Gasteiger partial charge is 0.380 e. The minimum Gasteiger partial charge on any atom is -0.380 e. The van der Waals surface area contributed by atoms with Gasteiger partial charge in [-0.05, 0) is 0 Å². The summed E-state index contributed by atoms with van der Waals surface area (Å²) in [4.78, 5) is 1.49. The molecule has 0 amide bonds. The van der Waals surface area contributed by atoms with Gasteiger partial charge in [-0.3, -0.25) is 0 Å². The lowest BCUT2D eigenvalue weighted by atomic mass is 10.2. The quantitative estimate of drug-likeness (QED) is 0.506. The van der Waals surface area contributed by atoms with Crippen molar-refractivity contribution in [1.29, 1.82) is 0 Å². The predicted molar refractivity (Wildman–Crippen MR) is 31.1 cm³/mol. The van der Waals surface area contributed by atoms with Crippen LogP contribution in [-0.4, -0.2) is 24.7 Å². The van der Waals surface area contributed by atoms with E-state index in [1.54, 1.807) is 7.05 Å². The maximum Gasteiger partial charge on any atom is 0.414 e. The first-order chi connectivity index (χ1) is 4.50. The van der Waals surface area contributed by atoms with Crippen LogP contribution in [0.3, 0.4) is 0 Å². The Kier molecular flexibility index (Phi) is 1.62. The van der Waals surface area contributed by atoms with Crippen molar-refractivity contribution in [2.75, 3.05) is 13.6 Å². The lowest BCUT2D eigenvalue weighted by Crippen LogP contribution is -2.10. The van der Waals surface area contributed by atoms with Crippen LogP contribution in [0.1, 0.15) is 0 Å². The summed E-state index contributed by atoms with van der Waals surface area (Å²) in [6.45, 7) is 0.356. The number of hydrogen-bond acceptors (Lipinski definition) is 1. The molecular weight excluding hydrogens is 143 g/mol.